The van der Waals surface area contributed by atoms with Crippen molar-refractivity contribution in [1.82, 2.24) is 9.97 Å². The maximum absolute atomic E-state index is 13.5. The molecule has 2 rings (SSSR count). The fourth-order valence-electron chi connectivity index (χ4n) is 1.63. The van der Waals surface area contributed by atoms with Gasteiger partial charge in [-0.15, -0.1) is 0 Å². The first kappa shape index (κ1) is 10.8. The van der Waals surface area contributed by atoms with Crippen LogP contribution in [0.5, 0.6) is 0 Å². The molecule has 1 aromatic carbocycles. The van der Waals surface area contributed by atoms with Crippen LogP contribution in [0.1, 0.15) is 11.4 Å². The van der Waals surface area contributed by atoms with E-state index in [2.05, 4.69) is 9.97 Å². The number of hydrogen-bond acceptors (Lipinski definition) is 2. The zero-order valence-electron chi connectivity index (χ0n) is 9.00. The lowest BCUT2D eigenvalue weighted by Gasteiger charge is -1.97. The molecule has 0 spiro atoms. The van der Waals surface area contributed by atoms with Gasteiger partial charge in [-0.25, -0.2) is 9.37 Å². The second-order valence-corrected chi connectivity index (χ2v) is 3.61. The summed E-state index contributed by atoms with van der Waals surface area (Å²) in [5, 5.41) is 8.85. The first-order valence-electron chi connectivity index (χ1n) is 5.13. The summed E-state index contributed by atoms with van der Waals surface area (Å²) in [6.07, 6.45) is 0.483. The number of aromatic nitrogens is 2. The van der Waals surface area contributed by atoms with E-state index >= 15 is 0 Å². The molecular formula is C12H13FN2O. The molecule has 1 aromatic heterocycles. The highest BCUT2D eigenvalue weighted by Gasteiger charge is 2.10. The van der Waals surface area contributed by atoms with E-state index in [1.54, 1.807) is 18.2 Å². The van der Waals surface area contributed by atoms with Crippen LogP contribution < -0.4 is 0 Å². The average molecular weight is 220 g/mol. The van der Waals surface area contributed by atoms with Gasteiger partial charge in [-0.1, -0.05) is 12.1 Å². The number of benzene rings is 1. The summed E-state index contributed by atoms with van der Waals surface area (Å²) in [7, 11) is 0. The number of aliphatic hydroxyl groups excluding tert-OH is 1. The molecule has 3 nitrogen and oxygen atoms in total. The third-order valence-corrected chi connectivity index (χ3v) is 2.46. The molecule has 2 N–H and O–H groups in total. The number of halogens is 1. The molecule has 0 atom stereocenters. The summed E-state index contributed by atoms with van der Waals surface area (Å²) < 4.78 is 13.5. The Morgan fingerprint density at radius 3 is 2.81 bits per heavy atom. The van der Waals surface area contributed by atoms with Crippen LogP contribution in [-0.2, 0) is 6.42 Å². The van der Waals surface area contributed by atoms with Crippen molar-refractivity contribution in [1.29, 1.82) is 0 Å². The highest BCUT2D eigenvalue weighted by Crippen LogP contribution is 2.21. The van der Waals surface area contributed by atoms with Gasteiger partial charge in [0, 0.05) is 18.7 Å². The summed E-state index contributed by atoms with van der Waals surface area (Å²) in [5.74, 6) is 0.214. The minimum absolute atomic E-state index is 0.0441. The Morgan fingerprint density at radius 1 is 1.38 bits per heavy atom. The molecule has 84 valence electrons. The van der Waals surface area contributed by atoms with E-state index in [1.807, 2.05) is 6.92 Å². The van der Waals surface area contributed by atoms with Crippen LogP contribution in [0.25, 0.3) is 11.4 Å². The van der Waals surface area contributed by atoms with Crippen LogP contribution in [0.2, 0.25) is 0 Å². The van der Waals surface area contributed by atoms with Crippen molar-refractivity contribution >= 4 is 0 Å². The van der Waals surface area contributed by atoms with Crippen LogP contribution in [0.15, 0.2) is 24.3 Å². The highest BCUT2D eigenvalue weighted by atomic mass is 19.1. The van der Waals surface area contributed by atoms with E-state index in [4.69, 9.17) is 5.11 Å². The van der Waals surface area contributed by atoms with Crippen LogP contribution in [0, 0.1) is 12.7 Å². The van der Waals surface area contributed by atoms with E-state index in [1.165, 1.54) is 6.07 Å². The topological polar surface area (TPSA) is 48.9 Å². The monoisotopic (exact) mass is 220 g/mol. The average Bonchev–Trinajstić information content (AvgIpc) is 2.61. The lowest BCUT2D eigenvalue weighted by atomic mass is 10.2. The largest absolute Gasteiger partial charge is 0.396 e. The third-order valence-electron chi connectivity index (χ3n) is 2.46. The Kier molecular flexibility index (Phi) is 3.01. The Balaban J connectivity index is 2.42. The van der Waals surface area contributed by atoms with Gasteiger partial charge >= 0.3 is 0 Å². The van der Waals surface area contributed by atoms with Gasteiger partial charge in [0.15, 0.2) is 0 Å². The summed E-state index contributed by atoms with van der Waals surface area (Å²) in [6.45, 7) is 1.91. The Bertz CT molecular complexity index is 494. The van der Waals surface area contributed by atoms with Crippen LogP contribution in [0.3, 0.4) is 0 Å². The smallest absolute Gasteiger partial charge is 0.140 e. The van der Waals surface area contributed by atoms with Crippen LogP contribution in [-0.4, -0.2) is 21.7 Å². The van der Waals surface area contributed by atoms with E-state index < -0.39 is 0 Å². The summed E-state index contributed by atoms with van der Waals surface area (Å²) >= 11 is 0. The van der Waals surface area contributed by atoms with Gasteiger partial charge in [-0.05, 0) is 19.1 Å². The second kappa shape index (κ2) is 4.45. The number of nitrogens with one attached hydrogen (secondary N) is 1. The first-order chi connectivity index (χ1) is 7.72. The van der Waals surface area contributed by atoms with Gasteiger partial charge in [0.2, 0.25) is 0 Å². The summed E-state index contributed by atoms with van der Waals surface area (Å²) in [5.41, 5.74) is 2.10. The molecular weight excluding hydrogens is 207 g/mol. The van der Waals surface area contributed by atoms with Crippen molar-refractivity contribution < 1.29 is 9.50 Å². The van der Waals surface area contributed by atoms with E-state index in [-0.39, 0.29) is 12.4 Å². The molecule has 0 aliphatic rings. The Morgan fingerprint density at radius 2 is 2.12 bits per heavy atom. The Hall–Kier alpha value is -1.68. The Labute approximate surface area is 93.0 Å². The summed E-state index contributed by atoms with van der Waals surface area (Å²) in [4.78, 5) is 7.30. The number of aromatic amines is 1. The lowest BCUT2D eigenvalue weighted by Crippen LogP contribution is -1.93. The van der Waals surface area contributed by atoms with E-state index in [0.29, 0.717) is 17.8 Å². The normalized spacial score (nSPS) is 10.7. The van der Waals surface area contributed by atoms with Crippen LogP contribution in [0.4, 0.5) is 4.39 Å². The number of nitrogens with zero attached hydrogens (tertiary/aromatic N) is 1. The van der Waals surface area contributed by atoms with E-state index in [9.17, 15) is 4.39 Å². The van der Waals surface area contributed by atoms with Crippen molar-refractivity contribution in [2.24, 2.45) is 0 Å². The zero-order valence-corrected chi connectivity index (χ0v) is 9.00. The fourth-order valence-corrected chi connectivity index (χ4v) is 1.63. The zero-order chi connectivity index (χ0) is 11.5. The molecule has 1 heterocycles. The number of rotatable bonds is 3. The number of imidazole rings is 1. The second-order valence-electron chi connectivity index (χ2n) is 3.61. The van der Waals surface area contributed by atoms with Gasteiger partial charge in [-0.3, -0.25) is 0 Å². The van der Waals surface area contributed by atoms with Crippen LogP contribution >= 0.6 is 0 Å². The molecule has 0 fully saturated rings. The van der Waals surface area contributed by atoms with E-state index in [0.717, 1.165) is 11.4 Å². The molecule has 0 radical (unpaired) electrons. The maximum Gasteiger partial charge on any atom is 0.140 e. The number of hydrogen-bond donors (Lipinski definition) is 2. The highest BCUT2D eigenvalue weighted by molar-refractivity contribution is 5.56. The molecule has 0 aliphatic heterocycles. The predicted octanol–water partition coefficient (Wildman–Crippen LogP) is 2.06. The van der Waals surface area contributed by atoms with Gasteiger partial charge in [-0.2, -0.15) is 0 Å². The molecule has 4 heteroatoms. The summed E-state index contributed by atoms with van der Waals surface area (Å²) in [6, 6.07) is 6.49. The number of aryl methyl sites for hydroxylation is 1. The predicted molar refractivity (Wildman–Crippen MR) is 59.5 cm³/mol. The lowest BCUT2D eigenvalue weighted by molar-refractivity contribution is 0.298. The third kappa shape index (κ3) is 1.97. The molecule has 0 aliphatic carbocycles. The quantitative estimate of drug-likeness (QED) is 0.831. The number of aliphatic hydroxyl groups is 1. The van der Waals surface area contributed by atoms with Crippen molar-refractivity contribution in [2.75, 3.05) is 6.61 Å². The molecule has 0 amide bonds. The van der Waals surface area contributed by atoms with Gasteiger partial charge in [0.05, 0.1) is 11.3 Å². The molecule has 2 aromatic rings. The molecule has 0 saturated heterocycles. The fraction of sp³-hybridized carbons (Fsp3) is 0.250. The molecule has 0 unspecified atom stereocenters. The van der Waals surface area contributed by atoms with Crippen molar-refractivity contribution in [3.05, 3.63) is 41.5 Å². The molecule has 0 bridgehead atoms. The standard InChI is InChI=1S/C12H13FN2O/c1-8-11(6-7-16)15-12(14-8)9-4-2-3-5-10(9)13/h2-5,16H,6-7H2,1H3,(H,14,15). The van der Waals surface area contributed by atoms with Crippen molar-refractivity contribution in [3.63, 3.8) is 0 Å². The number of H-pyrrole nitrogens is 1. The van der Waals surface area contributed by atoms with Crippen molar-refractivity contribution in [3.8, 4) is 11.4 Å². The first-order valence-corrected chi connectivity index (χ1v) is 5.13. The minimum Gasteiger partial charge on any atom is -0.396 e. The van der Waals surface area contributed by atoms with Gasteiger partial charge < -0.3 is 10.1 Å². The minimum atomic E-state index is -0.299. The van der Waals surface area contributed by atoms with Gasteiger partial charge in [0.1, 0.15) is 11.6 Å². The molecule has 16 heavy (non-hydrogen) atoms. The van der Waals surface area contributed by atoms with Gasteiger partial charge in [0.25, 0.3) is 0 Å². The maximum atomic E-state index is 13.5. The molecule has 0 saturated carbocycles. The van der Waals surface area contributed by atoms with Crippen molar-refractivity contribution in [2.45, 2.75) is 13.3 Å². The SMILES string of the molecule is Cc1[nH]c(-c2ccccc2F)nc1CCO.